The Morgan fingerprint density at radius 1 is 1.17 bits per heavy atom. The molecule has 10 heteroatoms. The second-order valence-corrected chi connectivity index (χ2v) is 8.80. The number of hydrogen-bond acceptors (Lipinski definition) is 5. The van der Waals surface area contributed by atoms with Crippen molar-refractivity contribution >= 4 is 5.97 Å². The predicted octanol–water partition coefficient (Wildman–Crippen LogP) is 3.60. The van der Waals surface area contributed by atoms with Crippen molar-refractivity contribution in [2.24, 2.45) is 28.9 Å². The molecule has 4 bridgehead atoms. The third-order valence-electron chi connectivity index (χ3n) is 6.59. The van der Waals surface area contributed by atoms with Crippen LogP contribution in [0.1, 0.15) is 61.0 Å². The topological polar surface area (TPSA) is 107 Å². The maximum absolute atomic E-state index is 12.6. The molecule has 0 radical (unpaired) electrons. The number of halogens is 3. The smallest absolute Gasteiger partial charge is 0.339 e. The van der Waals surface area contributed by atoms with Crippen LogP contribution >= 0.6 is 0 Å². The zero-order chi connectivity index (χ0) is 21.5. The van der Waals surface area contributed by atoms with E-state index in [-0.39, 0.29) is 5.95 Å². The molecule has 30 heavy (non-hydrogen) atoms. The van der Waals surface area contributed by atoms with Crippen LogP contribution in [0, 0.1) is 29.0 Å². The highest BCUT2D eigenvalue weighted by Gasteiger charge is 2.49. The quantitative estimate of drug-likeness (QED) is 0.778. The monoisotopic (exact) mass is 423 g/mol. The summed E-state index contributed by atoms with van der Waals surface area (Å²) in [6, 6.07) is 0. The van der Waals surface area contributed by atoms with E-state index in [9.17, 15) is 18.0 Å². The van der Waals surface area contributed by atoms with Crippen LogP contribution in [0.3, 0.4) is 0 Å². The molecule has 0 unspecified atom stereocenters. The third-order valence-corrected chi connectivity index (χ3v) is 6.59. The lowest BCUT2D eigenvalue weighted by Crippen LogP contribution is -2.49. The van der Waals surface area contributed by atoms with E-state index in [2.05, 4.69) is 15.1 Å². The van der Waals surface area contributed by atoms with Crippen molar-refractivity contribution in [2.45, 2.75) is 45.0 Å². The van der Waals surface area contributed by atoms with Crippen LogP contribution in [0.4, 0.5) is 13.2 Å². The average molecular weight is 423 g/mol. The number of aromatic carboxylic acids is 1. The van der Waals surface area contributed by atoms with E-state index in [0.717, 1.165) is 47.6 Å². The Kier molecular flexibility index (Phi) is 5.52. The normalized spacial score (nSPS) is 29.0. The molecule has 2 aromatic rings. The maximum Gasteiger partial charge on any atom is 0.339 e. The highest BCUT2D eigenvalue weighted by atomic mass is 19.3. The zero-order valence-electron chi connectivity index (χ0n) is 16.3. The van der Waals surface area contributed by atoms with Crippen molar-refractivity contribution in [3.05, 3.63) is 35.7 Å². The average Bonchev–Trinajstić information content (AvgIpc) is 3.14. The van der Waals surface area contributed by atoms with Gasteiger partial charge in [-0.05, 0) is 68.2 Å². The summed E-state index contributed by atoms with van der Waals surface area (Å²) in [5.74, 6) is 0.752. The van der Waals surface area contributed by atoms with Gasteiger partial charge in [0.05, 0.1) is 12.4 Å². The van der Waals surface area contributed by atoms with Crippen LogP contribution in [0.2, 0.25) is 0 Å². The van der Waals surface area contributed by atoms with E-state index < -0.39 is 29.5 Å². The van der Waals surface area contributed by atoms with Crippen molar-refractivity contribution < 1.29 is 23.1 Å². The van der Waals surface area contributed by atoms with Gasteiger partial charge in [-0.3, -0.25) is 0 Å². The Hall–Kier alpha value is -2.49. The first-order valence-corrected chi connectivity index (χ1v) is 10.1. The molecule has 0 aromatic carbocycles. The van der Waals surface area contributed by atoms with E-state index in [4.69, 9.17) is 10.8 Å². The van der Waals surface area contributed by atoms with Gasteiger partial charge in [0.25, 0.3) is 12.4 Å². The molecule has 2 heterocycles. The Balaban J connectivity index is 0.000000156. The lowest BCUT2D eigenvalue weighted by molar-refractivity contribution is -0.0468. The minimum absolute atomic E-state index is 0.203. The van der Waals surface area contributed by atoms with Gasteiger partial charge in [0.15, 0.2) is 5.82 Å². The van der Waals surface area contributed by atoms with Crippen molar-refractivity contribution in [3.8, 4) is 5.95 Å². The van der Waals surface area contributed by atoms with Crippen LogP contribution in [0.15, 0.2) is 18.6 Å². The molecule has 0 saturated heterocycles. The Labute approximate surface area is 171 Å². The van der Waals surface area contributed by atoms with Gasteiger partial charge in [-0.25, -0.2) is 32.6 Å². The molecular weight excluding hydrogens is 399 g/mol. The number of alkyl halides is 2. The van der Waals surface area contributed by atoms with Gasteiger partial charge < -0.3 is 10.8 Å². The molecule has 0 atom stereocenters. The molecule has 4 aliphatic carbocycles. The molecule has 162 valence electrons. The second-order valence-electron chi connectivity index (χ2n) is 8.80. The molecule has 6 rings (SSSR count). The maximum atomic E-state index is 12.6. The molecule has 4 saturated carbocycles. The SMILES string of the molecule is NCC12CC3CC(CC(C3)C1)C2.O=C(O)c1cn(-c2ncc(F)cn2)nc1C(F)F. The summed E-state index contributed by atoms with van der Waals surface area (Å²) in [6.45, 7) is 0.969. The van der Waals surface area contributed by atoms with Crippen molar-refractivity contribution in [1.29, 1.82) is 0 Å². The zero-order valence-corrected chi connectivity index (χ0v) is 16.3. The van der Waals surface area contributed by atoms with Gasteiger partial charge in [0.1, 0.15) is 11.3 Å². The number of carboxylic acids is 1. The van der Waals surface area contributed by atoms with Crippen molar-refractivity contribution in [2.75, 3.05) is 6.54 Å². The lowest BCUT2D eigenvalue weighted by Gasteiger charge is -2.56. The van der Waals surface area contributed by atoms with Gasteiger partial charge in [0, 0.05) is 6.20 Å². The third kappa shape index (κ3) is 4.05. The number of carboxylic acid groups (broad SMARTS) is 1. The highest BCUT2D eigenvalue weighted by molar-refractivity contribution is 5.88. The van der Waals surface area contributed by atoms with E-state index in [1.807, 2.05) is 0 Å². The van der Waals surface area contributed by atoms with Gasteiger partial charge >= 0.3 is 5.97 Å². The molecular formula is C20H24F3N5O2. The number of nitrogens with two attached hydrogens (primary N) is 1. The molecule has 4 aliphatic rings. The molecule has 7 nitrogen and oxygen atoms in total. The Bertz CT molecular complexity index is 880. The largest absolute Gasteiger partial charge is 0.478 e. The summed E-state index contributed by atoms with van der Waals surface area (Å²) in [6.07, 6.45) is 8.45. The minimum atomic E-state index is -3.04. The first kappa shape index (κ1) is 20.8. The number of nitrogens with zero attached hydrogens (tertiary/aromatic N) is 4. The lowest BCUT2D eigenvalue weighted by atomic mass is 9.50. The fraction of sp³-hybridized carbons (Fsp3) is 0.600. The van der Waals surface area contributed by atoms with Crippen LogP contribution in [-0.4, -0.2) is 37.4 Å². The van der Waals surface area contributed by atoms with Crippen molar-refractivity contribution in [3.63, 3.8) is 0 Å². The summed E-state index contributed by atoms with van der Waals surface area (Å²) in [4.78, 5) is 17.7. The number of carbonyl (C=O) groups is 1. The second kappa shape index (κ2) is 7.98. The van der Waals surface area contributed by atoms with Crippen molar-refractivity contribution in [1.82, 2.24) is 19.7 Å². The fourth-order valence-electron chi connectivity index (χ4n) is 5.78. The van der Waals surface area contributed by atoms with E-state index in [0.29, 0.717) is 5.41 Å². The number of aromatic nitrogens is 4. The number of rotatable bonds is 4. The van der Waals surface area contributed by atoms with Gasteiger partial charge in [0.2, 0.25) is 0 Å². The van der Waals surface area contributed by atoms with E-state index in [1.165, 1.54) is 38.5 Å². The van der Waals surface area contributed by atoms with Gasteiger partial charge in [-0.2, -0.15) is 5.10 Å². The minimum Gasteiger partial charge on any atom is -0.478 e. The Morgan fingerprint density at radius 3 is 2.10 bits per heavy atom. The van der Waals surface area contributed by atoms with Gasteiger partial charge in [-0.15, -0.1) is 0 Å². The molecule has 2 aromatic heterocycles. The Morgan fingerprint density at radius 2 is 1.70 bits per heavy atom. The van der Waals surface area contributed by atoms with Crippen LogP contribution in [0.25, 0.3) is 5.95 Å². The standard InChI is InChI=1S/C11H19N.C9H5F3N4O2/c12-7-11-4-8-1-9(5-11)3-10(2-8)6-11;10-4-1-13-9(14-2-4)16-3-5(8(17)18)6(15-16)7(11)12/h8-10H,1-7,12H2;1-3,7H,(H,17,18). The number of hydrogen-bond donors (Lipinski definition) is 2. The summed E-state index contributed by atoms with van der Waals surface area (Å²) >= 11 is 0. The van der Waals surface area contributed by atoms with Gasteiger partial charge in [-0.1, -0.05) is 0 Å². The first-order chi connectivity index (χ1) is 14.3. The summed E-state index contributed by atoms with van der Waals surface area (Å²) in [5.41, 5.74) is 5.00. The summed E-state index contributed by atoms with van der Waals surface area (Å²) in [5, 5.41) is 12.1. The molecule has 4 fully saturated rings. The molecule has 0 amide bonds. The van der Waals surface area contributed by atoms with Crippen LogP contribution < -0.4 is 5.73 Å². The van der Waals surface area contributed by atoms with Crippen LogP contribution in [0.5, 0.6) is 0 Å². The molecule has 0 aliphatic heterocycles. The van der Waals surface area contributed by atoms with Crippen LogP contribution in [-0.2, 0) is 0 Å². The highest BCUT2D eigenvalue weighted by Crippen LogP contribution is 2.59. The van der Waals surface area contributed by atoms with E-state index >= 15 is 0 Å². The molecule has 0 spiro atoms. The summed E-state index contributed by atoms with van der Waals surface area (Å²) < 4.78 is 38.4. The summed E-state index contributed by atoms with van der Waals surface area (Å²) in [7, 11) is 0. The molecule has 3 N–H and O–H groups in total. The first-order valence-electron chi connectivity index (χ1n) is 10.1. The predicted molar refractivity (Wildman–Crippen MR) is 101 cm³/mol. The fourth-order valence-corrected chi connectivity index (χ4v) is 5.78. The van der Waals surface area contributed by atoms with E-state index in [1.54, 1.807) is 0 Å².